The van der Waals surface area contributed by atoms with Crippen LogP contribution in [0.25, 0.3) is 11.0 Å². The van der Waals surface area contributed by atoms with Crippen LogP contribution in [0.5, 0.6) is 0 Å². The molecule has 0 atom stereocenters. The van der Waals surface area contributed by atoms with Gasteiger partial charge in [-0.1, -0.05) is 0 Å². The molecule has 0 saturated carbocycles. The van der Waals surface area contributed by atoms with Crippen molar-refractivity contribution in [1.29, 1.82) is 0 Å². The van der Waals surface area contributed by atoms with E-state index in [9.17, 15) is 4.79 Å². The molecule has 1 fully saturated rings. The molecule has 1 aliphatic rings. The van der Waals surface area contributed by atoms with Gasteiger partial charge in [0.05, 0.1) is 24.3 Å². The molecule has 1 aliphatic heterocycles. The summed E-state index contributed by atoms with van der Waals surface area (Å²) in [5, 5.41) is 1.08. The molecule has 0 spiro atoms. The highest BCUT2D eigenvalue weighted by Crippen LogP contribution is 2.36. The van der Waals surface area contributed by atoms with Gasteiger partial charge in [0.25, 0.3) is 0 Å². The lowest BCUT2D eigenvalue weighted by Gasteiger charge is -2.28. The Bertz CT molecular complexity index is 870. The molecular formula is C19H20N4O2. The largest absolute Gasteiger partial charge is 0.464 e. The number of piperidine rings is 1. The van der Waals surface area contributed by atoms with Gasteiger partial charge in [-0.15, -0.1) is 0 Å². The Labute approximate surface area is 146 Å². The first kappa shape index (κ1) is 15.8. The van der Waals surface area contributed by atoms with Gasteiger partial charge in [0.15, 0.2) is 0 Å². The molecule has 1 aromatic carbocycles. The zero-order chi connectivity index (χ0) is 17.2. The lowest BCUT2D eigenvalue weighted by molar-refractivity contribution is -0.106. The van der Waals surface area contributed by atoms with Crippen molar-refractivity contribution >= 4 is 28.8 Å². The van der Waals surface area contributed by atoms with Crippen molar-refractivity contribution in [2.45, 2.75) is 18.8 Å². The van der Waals surface area contributed by atoms with Crippen LogP contribution in [0.2, 0.25) is 0 Å². The number of likely N-dealkylation sites (tertiary alicyclic amines) is 1. The number of hydrogen-bond acceptors (Lipinski definition) is 5. The molecule has 0 aliphatic carbocycles. The monoisotopic (exact) mass is 336 g/mol. The fourth-order valence-electron chi connectivity index (χ4n) is 3.51. The number of amides is 1. The minimum atomic E-state index is 0.498. The average Bonchev–Trinajstić information content (AvgIpc) is 3.07. The number of benzene rings is 1. The molecule has 25 heavy (non-hydrogen) atoms. The van der Waals surface area contributed by atoms with Crippen LogP contribution >= 0.6 is 0 Å². The summed E-state index contributed by atoms with van der Waals surface area (Å²) in [4.78, 5) is 23.5. The van der Waals surface area contributed by atoms with Crippen molar-refractivity contribution in [3.63, 3.8) is 0 Å². The van der Waals surface area contributed by atoms with Crippen LogP contribution in [0.15, 0.2) is 47.6 Å². The van der Waals surface area contributed by atoms with Crippen LogP contribution in [-0.4, -0.2) is 41.4 Å². The first-order valence-corrected chi connectivity index (χ1v) is 8.45. The van der Waals surface area contributed by atoms with Crippen molar-refractivity contribution in [1.82, 2.24) is 14.9 Å². The van der Waals surface area contributed by atoms with Gasteiger partial charge in [-0.25, -0.2) is 9.97 Å². The second kappa shape index (κ2) is 6.64. The Morgan fingerprint density at radius 3 is 2.68 bits per heavy atom. The van der Waals surface area contributed by atoms with E-state index >= 15 is 0 Å². The molecule has 1 saturated heterocycles. The standard InChI is InChI=1S/C19H20N4O2/c1-22-6-4-14(5-7-22)18-11-25-19-3-2-15(8-17(18)19)23(13-24)16-9-20-12-21-10-16/h2-3,8-14H,4-7H2,1H3. The van der Waals surface area contributed by atoms with Gasteiger partial charge in [-0.05, 0) is 57.1 Å². The number of furan rings is 1. The molecule has 0 bridgehead atoms. The smallest absolute Gasteiger partial charge is 0.218 e. The zero-order valence-electron chi connectivity index (χ0n) is 14.1. The van der Waals surface area contributed by atoms with E-state index in [1.807, 2.05) is 24.5 Å². The quantitative estimate of drug-likeness (QED) is 0.684. The van der Waals surface area contributed by atoms with E-state index in [2.05, 4.69) is 21.9 Å². The lowest BCUT2D eigenvalue weighted by atomic mass is 9.89. The summed E-state index contributed by atoms with van der Waals surface area (Å²) in [6.07, 6.45) is 9.61. The van der Waals surface area contributed by atoms with E-state index in [0.717, 1.165) is 49.0 Å². The molecule has 4 rings (SSSR count). The third-order valence-electron chi connectivity index (χ3n) is 4.95. The van der Waals surface area contributed by atoms with Crippen molar-refractivity contribution in [2.24, 2.45) is 0 Å². The molecule has 128 valence electrons. The highest BCUT2D eigenvalue weighted by molar-refractivity contribution is 5.92. The minimum Gasteiger partial charge on any atom is -0.464 e. The number of fused-ring (bicyclic) bond motifs is 1. The van der Waals surface area contributed by atoms with Crippen LogP contribution < -0.4 is 4.90 Å². The summed E-state index contributed by atoms with van der Waals surface area (Å²) in [6, 6.07) is 5.82. The maximum absolute atomic E-state index is 11.6. The maximum atomic E-state index is 11.6. The zero-order valence-corrected chi connectivity index (χ0v) is 14.1. The third-order valence-corrected chi connectivity index (χ3v) is 4.95. The van der Waals surface area contributed by atoms with Gasteiger partial charge in [0.2, 0.25) is 6.41 Å². The molecule has 6 nitrogen and oxygen atoms in total. The van der Waals surface area contributed by atoms with Crippen molar-refractivity contribution in [2.75, 3.05) is 25.0 Å². The molecule has 2 aromatic heterocycles. The number of anilines is 2. The van der Waals surface area contributed by atoms with Crippen LogP contribution in [0, 0.1) is 0 Å². The molecule has 6 heteroatoms. The van der Waals surface area contributed by atoms with Gasteiger partial charge in [-0.2, -0.15) is 0 Å². The van der Waals surface area contributed by atoms with Crippen molar-refractivity contribution in [3.8, 4) is 0 Å². The first-order valence-electron chi connectivity index (χ1n) is 8.45. The SMILES string of the molecule is CN1CCC(c2coc3ccc(N(C=O)c4cncnc4)cc23)CC1. The Morgan fingerprint density at radius 2 is 1.96 bits per heavy atom. The Balaban J connectivity index is 1.72. The van der Waals surface area contributed by atoms with Gasteiger partial charge in [0.1, 0.15) is 11.9 Å². The van der Waals surface area contributed by atoms with Gasteiger partial charge in [0, 0.05) is 16.6 Å². The van der Waals surface area contributed by atoms with E-state index in [-0.39, 0.29) is 0 Å². The van der Waals surface area contributed by atoms with Gasteiger partial charge in [-0.3, -0.25) is 9.69 Å². The number of nitrogens with zero attached hydrogens (tertiary/aromatic N) is 4. The predicted octanol–water partition coefficient (Wildman–Crippen LogP) is 3.33. The van der Waals surface area contributed by atoms with Gasteiger partial charge >= 0.3 is 0 Å². The third kappa shape index (κ3) is 3.00. The van der Waals surface area contributed by atoms with Crippen molar-refractivity contribution < 1.29 is 9.21 Å². The summed E-state index contributed by atoms with van der Waals surface area (Å²) in [7, 11) is 2.16. The minimum absolute atomic E-state index is 0.498. The van der Waals surface area contributed by atoms with E-state index in [4.69, 9.17) is 4.42 Å². The molecule has 0 unspecified atom stereocenters. The predicted molar refractivity (Wildman–Crippen MR) is 95.9 cm³/mol. The van der Waals surface area contributed by atoms with E-state index in [1.165, 1.54) is 11.9 Å². The second-order valence-corrected chi connectivity index (χ2v) is 6.52. The van der Waals surface area contributed by atoms with E-state index in [1.54, 1.807) is 17.3 Å². The summed E-state index contributed by atoms with van der Waals surface area (Å²) in [6.45, 7) is 2.19. The molecule has 0 N–H and O–H groups in total. The number of aromatic nitrogens is 2. The fraction of sp³-hybridized carbons (Fsp3) is 0.316. The maximum Gasteiger partial charge on any atom is 0.218 e. The molecule has 3 heterocycles. The molecular weight excluding hydrogens is 316 g/mol. The summed E-state index contributed by atoms with van der Waals surface area (Å²) in [5.74, 6) is 0.498. The fourth-order valence-corrected chi connectivity index (χ4v) is 3.51. The Hall–Kier alpha value is -2.73. The lowest BCUT2D eigenvalue weighted by Crippen LogP contribution is -2.29. The average molecular weight is 336 g/mol. The number of rotatable bonds is 4. The van der Waals surface area contributed by atoms with Crippen LogP contribution in [0.3, 0.4) is 0 Å². The van der Waals surface area contributed by atoms with Crippen LogP contribution in [0.4, 0.5) is 11.4 Å². The highest BCUT2D eigenvalue weighted by atomic mass is 16.3. The molecule has 3 aromatic rings. The van der Waals surface area contributed by atoms with E-state index < -0.39 is 0 Å². The summed E-state index contributed by atoms with van der Waals surface area (Å²) >= 11 is 0. The number of carbonyl (C=O) groups excluding carboxylic acids is 1. The summed E-state index contributed by atoms with van der Waals surface area (Å²) in [5.41, 5.74) is 3.52. The second-order valence-electron chi connectivity index (χ2n) is 6.52. The highest BCUT2D eigenvalue weighted by Gasteiger charge is 2.22. The van der Waals surface area contributed by atoms with Crippen LogP contribution in [0.1, 0.15) is 24.3 Å². The Morgan fingerprint density at radius 1 is 1.20 bits per heavy atom. The first-order chi connectivity index (χ1) is 12.3. The Kier molecular flexibility index (Phi) is 4.19. The molecule has 1 amide bonds. The number of hydrogen-bond donors (Lipinski definition) is 0. The topological polar surface area (TPSA) is 62.5 Å². The number of carbonyl (C=O) groups is 1. The summed E-state index contributed by atoms with van der Waals surface area (Å²) < 4.78 is 5.76. The van der Waals surface area contributed by atoms with Gasteiger partial charge < -0.3 is 9.32 Å². The normalized spacial score (nSPS) is 16.2. The van der Waals surface area contributed by atoms with E-state index in [0.29, 0.717) is 11.6 Å². The molecule has 0 radical (unpaired) electrons. The van der Waals surface area contributed by atoms with Crippen LogP contribution in [-0.2, 0) is 4.79 Å². The van der Waals surface area contributed by atoms with Crippen molar-refractivity contribution in [3.05, 3.63) is 48.7 Å².